The first kappa shape index (κ1) is 11.2. The highest BCUT2D eigenvalue weighted by atomic mass is 32.1. The third kappa shape index (κ3) is 3.10. The average Bonchev–Trinajstić information content (AvgIpc) is 2.45. The number of aromatic nitrogens is 1. The van der Waals surface area contributed by atoms with Crippen LogP contribution in [0.1, 0.15) is 28.9 Å². The highest BCUT2D eigenvalue weighted by Gasteiger charge is 2.04. The Morgan fingerprint density at radius 1 is 1.50 bits per heavy atom. The maximum atomic E-state index is 11.0. The van der Waals surface area contributed by atoms with Crippen molar-refractivity contribution in [3.63, 3.8) is 0 Å². The summed E-state index contributed by atoms with van der Waals surface area (Å²) in [6, 6.07) is 0. The van der Waals surface area contributed by atoms with Crippen molar-refractivity contribution in [2.75, 3.05) is 6.54 Å². The number of thiazole rings is 1. The van der Waals surface area contributed by atoms with Crippen LogP contribution >= 0.6 is 11.3 Å². The van der Waals surface area contributed by atoms with Crippen molar-refractivity contribution in [1.29, 1.82) is 0 Å². The summed E-state index contributed by atoms with van der Waals surface area (Å²) in [5.74, 6) is 0.115. The number of amides is 1. The van der Waals surface area contributed by atoms with E-state index in [0.717, 1.165) is 23.7 Å². The predicted molar refractivity (Wildman–Crippen MR) is 58.6 cm³/mol. The van der Waals surface area contributed by atoms with Gasteiger partial charge in [0.1, 0.15) is 0 Å². The fraction of sp³-hybridized carbons (Fsp3) is 0.600. The maximum Gasteiger partial charge on any atom is 0.219 e. The van der Waals surface area contributed by atoms with Crippen molar-refractivity contribution >= 4 is 17.2 Å². The summed E-state index contributed by atoms with van der Waals surface area (Å²) in [7, 11) is 0. The molecular weight excluding hydrogens is 196 g/mol. The molecule has 1 rings (SSSR count). The smallest absolute Gasteiger partial charge is 0.219 e. The largest absolute Gasteiger partial charge is 0.356 e. The standard InChI is InChI=1S/C10H16N2OS/c1-4-10(13)11-6-5-9-7(2)12-8(3)14-9/h4-6H2,1-3H3,(H,11,13). The Bertz CT molecular complexity index is 320. The van der Waals surface area contributed by atoms with E-state index in [1.165, 1.54) is 4.88 Å². The third-order valence-corrected chi connectivity index (χ3v) is 3.13. The summed E-state index contributed by atoms with van der Waals surface area (Å²) in [6.45, 7) is 6.60. The molecule has 0 fully saturated rings. The minimum Gasteiger partial charge on any atom is -0.356 e. The van der Waals surface area contributed by atoms with Gasteiger partial charge in [0.05, 0.1) is 10.7 Å². The van der Waals surface area contributed by atoms with Crippen LogP contribution < -0.4 is 5.32 Å². The van der Waals surface area contributed by atoms with E-state index in [1.807, 2.05) is 20.8 Å². The van der Waals surface area contributed by atoms with Crippen LogP contribution in [0.4, 0.5) is 0 Å². The summed E-state index contributed by atoms with van der Waals surface area (Å²) in [5.41, 5.74) is 1.10. The van der Waals surface area contributed by atoms with Gasteiger partial charge in [0.25, 0.3) is 0 Å². The molecular formula is C10H16N2OS. The van der Waals surface area contributed by atoms with E-state index in [1.54, 1.807) is 11.3 Å². The Hall–Kier alpha value is -0.900. The van der Waals surface area contributed by atoms with Crippen molar-refractivity contribution < 1.29 is 4.79 Å². The molecule has 78 valence electrons. The van der Waals surface area contributed by atoms with Crippen molar-refractivity contribution in [1.82, 2.24) is 10.3 Å². The molecule has 1 aromatic heterocycles. The van der Waals surface area contributed by atoms with Crippen molar-refractivity contribution in [3.8, 4) is 0 Å². The molecule has 0 aliphatic carbocycles. The zero-order chi connectivity index (χ0) is 10.6. The monoisotopic (exact) mass is 212 g/mol. The summed E-state index contributed by atoms with van der Waals surface area (Å²) < 4.78 is 0. The molecule has 1 aromatic rings. The molecule has 0 saturated carbocycles. The first-order chi connectivity index (χ1) is 6.63. The number of hydrogen-bond donors (Lipinski definition) is 1. The van der Waals surface area contributed by atoms with Crippen LogP contribution in [0.3, 0.4) is 0 Å². The highest BCUT2D eigenvalue weighted by Crippen LogP contribution is 2.16. The molecule has 0 atom stereocenters. The molecule has 1 N–H and O–H groups in total. The highest BCUT2D eigenvalue weighted by molar-refractivity contribution is 7.11. The number of nitrogens with zero attached hydrogens (tertiary/aromatic N) is 1. The zero-order valence-corrected chi connectivity index (χ0v) is 9.70. The topological polar surface area (TPSA) is 42.0 Å². The third-order valence-electron chi connectivity index (χ3n) is 1.99. The lowest BCUT2D eigenvalue weighted by molar-refractivity contribution is -0.120. The second-order valence-corrected chi connectivity index (χ2v) is 4.48. The minimum absolute atomic E-state index is 0.115. The molecule has 0 spiro atoms. The summed E-state index contributed by atoms with van der Waals surface area (Å²) in [4.78, 5) is 16.6. The van der Waals surface area contributed by atoms with E-state index in [2.05, 4.69) is 10.3 Å². The van der Waals surface area contributed by atoms with Gasteiger partial charge in [-0.1, -0.05) is 6.92 Å². The lowest BCUT2D eigenvalue weighted by Gasteiger charge is -2.01. The van der Waals surface area contributed by atoms with Gasteiger partial charge in [0.2, 0.25) is 5.91 Å². The second-order valence-electron chi connectivity index (χ2n) is 3.19. The molecule has 14 heavy (non-hydrogen) atoms. The van der Waals surface area contributed by atoms with Crippen LogP contribution in [-0.4, -0.2) is 17.4 Å². The van der Waals surface area contributed by atoms with E-state index in [4.69, 9.17) is 0 Å². The van der Waals surface area contributed by atoms with E-state index >= 15 is 0 Å². The number of rotatable bonds is 4. The van der Waals surface area contributed by atoms with E-state index in [9.17, 15) is 4.79 Å². The second kappa shape index (κ2) is 5.10. The first-order valence-electron chi connectivity index (χ1n) is 4.83. The van der Waals surface area contributed by atoms with Gasteiger partial charge < -0.3 is 5.32 Å². The number of carbonyl (C=O) groups excluding carboxylic acids is 1. The summed E-state index contributed by atoms with van der Waals surface area (Å²) in [6.07, 6.45) is 1.45. The van der Waals surface area contributed by atoms with Gasteiger partial charge in [0, 0.05) is 24.3 Å². The fourth-order valence-corrected chi connectivity index (χ4v) is 2.18. The van der Waals surface area contributed by atoms with Crippen LogP contribution in [-0.2, 0) is 11.2 Å². The molecule has 0 saturated heterocycles. The molecule has 0 unspecified atom stereocenters. The van der Waals surface area contributed by atoms with Gasteiger partial charge in [-0.2, -0.15) is 0 Å². The Morgan fingerprint density at radius 2 is 2.21 bits per heavy atom. The number of carbonyl (C=O) groups is 1. The van der Waals surface area contributed by atoms with Crippen LogP contribution in [0.15, 0.2) is 0 Å². The van der Waals surface area contributed by atoms with Crippen molar-refractivity contribution in [3.05, 3.63) is 15.6 Å². The SMILES string of the molecule is CCC(=O)NCCc1sc(C)nc1C. The molecule has 4 heteroatoms. The Balaban J connectivity index is 2.38. The quantitative estimate of drug-likeness (QED) is 0.827. The van der Waals surface area contributed by atoms with Gasteiger partial charge in [-0.3, -0.25) is 4.79 Å². The first-order valence-corrected chi connectivity index (χ1v) is 5.64. The van der Waals surface area contributed by atoms with E-state index < -0.39 is 0 Å². The van der Waals surface area contributed by atoms with Crippen LogP contribution in [0.2, 0.25) is 0 Å². The van der Waals surface area contributed by atoms with Crippen LogP contribution in [0.5, 0.6) is 0 Å². The normalized spacial score (nSPS) is 10.2. The molecule has 1 amide bonds. The van der Waals surface area contributed by atoms with Crippen LogP contribution in [0, 0.1) is 13.8 Å². The lowest BCUT2D eigenvalue weighted by atomic mass is 10.3. The maximum absolute atomic E-state index is 11.0. The van der Waals surface area contributed by atoms with Gasteiger partial charge in [-0.05, 0) is 13.8 Å². The molecule has 0 bridgehead atoms. The number of hydrogen-bond acceptors (Lipinski definition) is 3. The van der Waals surface area contributed by atoms with Gasteiger partial charge in [0.15, 0.2) is 0 Å². The lowest BCUT2D eigenvalue weighted by Crippen LogP contribution is -2.24. The Morgan fingerprint density at radius 3 is 2.71 bits per heavy atom. The number of nitrogens with one attached hydrogen (secondary N) is 1. The summed E-state index contributed by atoms with van der Waals surface area (Å²) in [5, 5.41) is 3.95. The van der Waals surface area contributed by atoms with E-state index in [0.29, 0.717) is 6.42 Å². The Kier molecular flexibility index (Phi) is 4.07. The van der Waals surface area contributed by atoms with Gasteiger partial charge >= 0.3 is 0 Å². The molecule has 0 aliphatic rings. The van der Waals surface area contributed by atoms with Crippen molar-refractivity contribution in [2.24, 2.45) is 0 Å². The van der Waals surface area contributed by atoms with Crippen molar-refractivity contribution in [2.45, 2.75) is 33.6 Å². The van der Waals surface area contributed by atoms with E-state index in [-0.39, 0.29) is 5.91 Å². The van der Waals surface area contributed by atoms with Gasteiger partial charge in [-0.15, -0.1) is 11.3 Å². The molecule has 1 heterocycles. The van der Waals surface area contributed by atoms with Crippen LogP contribution in [0.25, 0.3) is 0 Å². The molecule has 0 aliphatic heterocycles. The summed E-state index contributed by atoms with van der Waals surface area (Å²) >= 11 is 1.71. The molecule has 0 aromatic carbocycles. The molecule has 3 nitrogen and oxygen atoms in total. The van der Waals surface area contributed by atoms with Gasteiger partial charge in [-0.25, -0.2) is 4.98 Å². The predicted octanol–water partition coefficient (Wildman–Crippen LogP) is 1.83. The molecule has 0 radical (unpaired) electrons. The number of aryl methyl sites for hydroxylation is 2. The fourth-order valence-electron chi connectivity index (χ4n) is 1.25. The Labute approximate surface area is 88.6 Å². The zero-order valence-electron chi connectivity index (χ0n) is 8.89. The average molecular weight is 212 g/mol. The minimum atomic E-state index is 0.115.